The summed E-state index contributed by atoms with van der Waals surface area (Å²) < 4.78 is 1.78. The average molecular weight is 336 g/mol. The second kappa shape index (κ2) is 7.39. The van der Waals surface area contributed by atoms with Crippen molar-refractivity contribution in [1.82, 2.24) is 15.1 Å². The molecule has 1 N–H and O–H groups in total. The Morgan fingerprint density at radius 3 is 2.72 bits per heavy atom. The molecule has 0 saturated heterocycles. The molecule has 0 bridgehead atoms. The molecule has 0 radical (unpaired) electrons. The first-order valence-electron chi connectivity index (χ1n) is 7.75. The molecular formula is C18H16N4O3. The maximum Gasteiger partial charge on any atom is 0.270 e. The van der Waals surface area contributed by atoms with Crippen molar-refractivity contribution in [2.75, 3.05) is 6.54 Å². The number of nitro groups is 1. The summed E-state index contributed by atoms with van der Waals surface area (Å²) in [5.74, 6) is -0.334. The van der Waals surface area contributed by atoms with E-state index in [4.69, 9.17) is 0 Å². The molecule has 0 aliphatic carbocycles. The summed E-state index contributed by atoms with van der Waals surface area (Å²) in [7, 11) is 0. The number of nitro benzene ring substituents is 1. The zero-order chi connectivity index (χ0) is 17.6. The van der Waals surface area contributed by atoms with E-state index in [2.05, 4.69) is 10.4 Å². The van der Waals surface area contributed by atoms with Crippen LogP contribution in [0, 0.1) is 10.1 Å². The van der Waals surface area contributed by atoms with Crippen molar-refractivity contribution < 1.29 is 9.72 Å². The van der Waals surface area contributed by atoms with Gasteiger partial charge < -0.3 is 5.32 Å². The second-order valence-electron chi connectivity index (χ2n) is 5.44. The van der Waals surface area contributed by atoms with Crippen LogP contribution in [0.5, 0.6) is 0 Å². The topological polar surface area (TPSA) is 90.1 Å². The second-order valence-corrected chi connectivity index (χ2v) is 5.44. The van der Waals surface area contributed by atoms with Crippen molar-refractivity contribution in [2.24, 2.45) is 0 Å². The summed E-state index contributed by atoms with van der Waals surface area (Å²) in [6, 6.07) is 15.4. The Morgan fingerprint density at radius 2 is 1.96 bits per heavy atom. The van der Waals surface area contributed by atoms with Gasteiger partial charge in [0, 0.05) is 30.4 Å². The fraction of sp³-hybridized carbons (Fsp3) is 0.111. The average Bonchev–Trinajstić information content (AvgIpc) is 3.11. The molecule has 0 saturated carbocycles. The molecule has 1 heterocycles. The number of carbonyl (C=O) groups is 1. The SMILES string of the molecule is O=C(NCCc1cnn(-c2ccccc2)c1)c1cccc([N+](=O)[O-])c1. The molecule has 0 aliphatic rings. The van der Waals surface area contributed by atoms with Gasteiger partial charge in [0.1, 0.15) is 0 Å². The first-order valence-corrected chi connectivity index (χ1v) is 7.75. The molecular weight excluding hydrogens is 320 g/mol. The van der Waals surface area contributed by atoms with Crippen molar-refractivity contribution in [3.05, 3.63) is 88.2 Å². The summed E-state index contributed by atoms with van der Waals surface area (Å²) in [5, 5.41) is 17.8. The number of amides is 1. The van der Waals surface area contributed by atoms with Gasteiger partial charge in [-0.3, -0.25) is 14.9 Å². The first-order chi connectivity index (χ1) is 12.1. The molecule has 7 nitrogen and oxygen atoms in total. The fourth-order valence-corrected chi connectivity index (χ4v) is 2.39. The van der Waals surface area contributed by atoms with Crippen LogP contribution in [0.1, 0.15) is 15.9 Å². The Morgan fingerprint density at radius 1 is 1.16 bits per heavy atom. The predicted octanol–water partition coefficient (Wildman–Crippen LogP) is 2.75. The standard InChI is InChI=1S/C18H16N4O3/c23-18(15-5-4-8-17(11-15)22(24)25)19-10-9-14-12-20-21(13-14)16-6-2-1-3-7-16/h1-8,11-13H,9-10H2,(H,19,23). The van der Waals surface area contributed by atoms with Crippen molar-refractivity contribution in [1.29, 1.82) is 0 Å². The first kappa shape index (κ1) is 16.4. The van der Waals surface area contributed by atoms with E-state index >= 15 is 0 Å². The molecule has 25 heavy (non-hydrogen) atoms. The van der Waals surface area contributed by atoms with Crippen molar-refractivity contribution in [3.63, 3.8) is 0 Å². The summed E-state index contributed by atoms with van der Waals surface area (Å²) in [6.07, 6.45) is 4.29. The lowest BCUT2D eigenvalue weighted by molar-refractivity contribution is -0.384. The zero-order valence-corrected chi connectivity index (χ0v) is 13.3. The van der Waals surface area contributed by atoms with Gasteiger partial charge >= 0.3 is 0 Å². The van der Waals surface area contributed by atoms with Gasteiger partial charge in [0.15, 0.2) is 0 Å². The molecule has 7 heteroatoms. The third-order valence-electron chi connectivity index (χ3n) is 3.68. The summed E-state index contributed by atoms with van der Waals surface area (Å²) in [5.41, 5.74) is 2.13. The largest absolute Gasteiger partial charge is 0.352 e. The number of rotatable bonds is 6. The van der Waals surface area contributed by atoms with Crippen LogP contribution in [0.15, 0.2) is 67.0 Å². The van der Waals surface area contributed by atoms with Gasteiger partial charge in [-0.2, -0.15) is 5.10 Å². The highest BCUT2D eigenvalue weighted by atomic mass is 16.6. The Hall–Kier alpha value is -3.48. The van der Waals surface area contributed by atoms with E-state index in [1.165, 1.54) is 18.2 Å². The third-order valence-corrected chi connectivity index (χ3v) is 3.68. The van der Waals surface area contributed by atoms with E-state index in [0.717, 1.165) is 11.3 Å². The van der Waals surface area contributed by atoms with Gasteiger partial charge in [0.2, 0.25) is 0 Å². The molecule has 0 atom stereocenters. The predicted molar refractivity (Wildman–Crippen MR) is 92.7 cm³/mol. The van der Waals surface area contributed by atoms with Crippen molar-refractivity contribution in [3.8, 4) is 5.69 Å². The lowest BCUT2D eigenvalue weighted by Gasteiger charge is -2.04. The molecule has 0 fully saturated rings. The highest BCUT2D eigenvalue weighted by molar-refractivity contribution is 5.94. The Balaban J connectivity index is 1.56. The van der Waals surface area contributed by atoms with E-state index in [9.17, 15) is 14.9 Å². The van der Waals surface area contributed by atoms with Crippen LogP contribution in [-0.4, -0.2) is 27.2 Å². The van der Waals surface area contributed by atoms with Gasteiger partial charge in [-0.05, 0) is 30.2 Å². The zero-order valence-electron chi connectivity index (χ0n) is 13.3. The number of nitrogens with zero attached hydrogens (tertiary/aromatic N) is 3. The van der Waals surface area contributed by atoms with E-state index < -0.39 is 4.92 Å². The van der Waals surface area contributed by atoms with E-state index in [-0.39, 0.29) is 17.2 Å². The summed E-state index contributed by atoms with van der Waals surface area (Å²) in [6.45, 7) is 0.419. The minimum absolute atomic E-state index is 0.100. The molecule has 3 aromatic rings. The number of carbonyl (C=O) groups excluding carboxylic acids is 1. The number of non-ortho nitro benzene ring substituents is 1. The Labute approximate surface area is 144 Å². The van der Waals surface area contributed by atoms with Crippen molar-refractivity contribution >= 4 is 11.6 Å². The maximum absolute atomic E-state index is 12.1. The molecule has 126 valence electrons. The molecule has 2 aromatic carbocycles. The van der Waals surface area contributed by atoms with Crippen LogP contribution in [-0.2, 0) is 6.42 Å². The molecule has 0 spiro atoms. The van der Waals surface area contributed by atoms with Crippen LogP contribution in [0.4, 0.5) is 5.69 Å². The van der Waals surface area contributed by atoms with Gasteiger partial charge in [-0.1, -0.05) is 24.3 Å². The third kappa shape index (κ3) is 4.08. The summed E-state index contributed by atoms with van der Waals surface area (Å²) in [4.78, 5) is 22.3. The fourth-order valence-electron chi connectivity index (χ4n) is 2.39. The normalized spacial score (nSPS) is 10.4. The van der Waals surface area contributed by atoms with Crippen LogP contribution in [0.25, 0.3) is 5.69 Å². The molecule has 0 unspecified atom stereocenters. The summed E-state index contributed by atoms with van der Waals surface area (Å²) >= 11 is 0. The van der Waals surface area contributed by atoms with Gasteiger partial charge in [-0.25, -0.2) is 4.68 Å². The van der Waals surface area contributed by atoms with Gasteiger partial charge in [0.25, 0.3) is 11.6 Å². The van der Waals surface area contributed by atoms with E-state index in [1.54, 1.807) is 16.9 Å². The van der Waals surface area contributed by atoms with Crippen molar-refractivity contribution in [2.45, 2.75) is 6.42 Å². The van der Waals surface area contributed by atoms with Gasteiger partial charge in [-0.15, -0.1) is 0 Å². The van der Waals surface area contributed by atoms with Crippen LogP contribution in [0.3, 0.4) is 0 Å². The quantitative estimate of drug-likeness (QED) is 0.553. The minimum Gasteiger partial charge on any atom is -0.352 e. The number of nitrogens with one attached hydrogen (secondary N) is 1. The van der Waals surface area contributed by atoms with E-state index in [0.29, 0.717) is 13.0 Å². The Bertz CT molecular complexity index is 890. The lowest BCUT2D eigenvalue weighted by atomic mass is 10.2. The van der Waals surface area contributed by atoms with Crippen LogP contribution >= 0.6 is 0 Å². The Kier molecular flexibility index (Phi) is 4.84. The maximum atomic E-state index is 12.1. The van der Waals surface area contributed by atoms with E-state index in [1.807, 2.05) is 36.5 Å². The number of hydrogen-bond acceptors (Lipinski definition) is 4. The highest BCUT2D eigenvalue weighted by Gasteiger charge is 2.11. The smallest absolute Gasteiger partial charge is 0.270 e. The monoisotopic (exact) mass is 336 g/mol. The van der Waals surface area contributed by atoms with Crippen LogP contribution < -0.4 is 5.32 Å². The molecule has 1 amide bonds. The highest BCUT2D eigenvalue weighted by Crippen LogP contribution is 2.13. The number of benzene rings is 2. The molecule has 1 aromatic heterocycles. The number of aromatic nitrogens is 2. The molecule has 0 aliphatic heterocycles. The number of hydrogen-bond donors (Lipinski definition) is 1. The van der Waals surface area contributed by atoms with Crippen LogP contribution in [0.2, 0.25) is 0 Å². The van der Waals surface area contributed by atoms with Gasteiger partial charge in [0.05, 0.1) is 16.8 Å². The number of para-hydroxylation sites is 1. The molecule has 3 rings (SSSR count). The minimum atomic E-state index is -0.519. The lowest BCUT2D eigenvalue weighted by Crippen LogP contribution is -2.25.